The lowest BCUT2D eigenvalue weighted by Crippen LogP contribution is -2.05. The summed E-state index contributed by atoms with van der Waals surface area (Å²) in [6.45, 7) is 5.06. The van der Waals surface area contributed by atoms with E-state index in [-0.39, 0.29) is 5.97 Å². The molecule has 0 amide bonds. The number of hydrogen-bond donors (Lipinski definition) is 0. The molecule has 0 aromatic rings. The SMILES string of the molecule is CCCCCCCCC=CCCCCCCCCCCCCOC(=O)CCCCC. The van der Waals surface area contributed by atoms with Gasteiger partial charge in [-0.3, -0.25) is 4.79 Å². The van der Waals surface area contributed by atoms with E-state index in [0.717, 1.165) is 25.7 Å². The van der Waals surface area contributed by atoms with Crippen molar-refractivity contribution >= 4 is 5.97 Å². The summed E-state index contributed by atoms with van der Waals surface area (Å²) in [5.74, 6) is -0.00301. The van der Waals surface area contributed by atoms with E-state index in [9.17, 15) is 4.79 Å². The highest BCUT2D eigenvalue weighted by molar-refractivity contribution is 5.69. The Labute approximate surface area is 189 Å². The molecule has 0 spiro atoms. The average Bonchev–Trinajstić information content (AvgIpc) is 2.75. The van der Waals surface area contributed by atoms with Crippen molar-refractivity contribution < 1.29 is 9.53 Å². The maximum Gasteiger partial charge on any atom is 0.305 e. The lowest BCUT2D eigenvalue weighted by atomic mass is 10.1. The summed E-state index contributed by atoms with van der Waals surface area (Å²) in [6, 6.07) is 0. The zero-order valence-electron chi connectivity index (χ0n) is 20.7. The highest BCUT2D eigenvalue weighted by Gasteiger charge is 2.01. The molecule has 0 fully saturated rings. The van der Waals surface area contributed by atoms with Crippen molar-refractivity contribution in [2.75, 3.05) is 6.61 Å². The van der Waals surface area contributed by atoms with Gasteiger partial charge in [-0.2, -0.15) is 0 Å². The third-order valence-corrected chi connectivity index (χ3v) is 5.90. The molecule has 2 nitrogen and oxygen atoms in total. The number of carbonyl (C=O) groups excluding carboxylic acids is 1. The highest BCUT2D eigenvalue weighted by atomic mass is 16.5. The summed E-state index contributed by atoms with van der Waals surface area (Å²) in [7, 11) is 0. The van der Waals surface area contributed by atoms with E-state index in [1.165, 1.54) is 109 Å². The van der Waals surface area contributed by atoms with Crippen LogP contribution < -0.4 is 0 Å². The Morgan fingerprint density at radius 1 is 0.533 bits per heavy atom. The summed E-state index contributed by atoms with van der Waals surface area (Å²) in [4.78, 5) is 11.5. The van der Waals surface area contributed by atoms with Gasteiger partial charge in [0.15, 0.2) is 0 Å². The van der Waals surface area contributed by atoms with Crippen LogP contribution in [0.4, 0.5) is 0 Å². The third-order valence-electron chi connectivity index (χ3n) is 5.90. The molecular weight excluding hydrogens is 368 g/mol. The molecule has 0 bridgehead atoms. The molecule has 178 valence electrons. The second kappa shape index (κ2) is 26.2. The molecule has 0 aromatic carbocycles. The van der Waals surface area contributed by atoms with Crippen molar-refractivity contribution in [3.05, 3.63) is 12.2 Å². The minimum absolute atomic E-state index is 0.00301. The first-order chi connectivity index (χ1) is 14.8. The van der Waals surface area contributed by atoms with Gasteiger partial charge in [0.1, 0.15) is 0 Å². The number of esters is 1. The van der Waals surface area contributed by atoms with E-state index in [2.05, 4.69) is 26.0 Å². The van der Waals surface area contributed by atoms with E-state index in [1.54, 1.807) is 0 Å². The predicted octanol–water partition coefficient (Wildman–Crippen LogP) is 9.71. The number of carbonyl (C=O) groups is 1. The summed E-state index contributed by atoms with van der Waals surface area (Å²) in [6.07, 6.45) is 32.8. The van der Waals surface area contributed by atoms with Crippen LogP contribution in [0.2, 0.25) is 0 Å². The molecule has 0 saturated heterocycles. The predicted molar refractivity (Wildman–Crippen MR) is 133 cm³/mol. The molecule has 0 N–H and O–H groups in total. The highest BCUT2D eigenvalue weighted by Crippen LogP contribution is 2.12. The Kier molecular flexibility index (Phi) is 25.6. The molecule has 0 heterocycles. The number of ether oxygens (including phenoxy) is 1. The van der Waals surface area contributed by atoms with E-state index in [1.807, 2.05) is 0 Å². The smallest absolute Gasteiger partial charge is 0.305 e. The number of allylic oxidation sites excluding steroid dienone is 2. The minimum atomic E-state index is -0.00301. The fraction of sp³-hybridized carbons (Fsp3) is 0.893. The number of unbranched alkanes of at least 4 members (excludes halogenated alkanes) is 18. The Morgan fingerprint density at radius 2 is 0.933 bits per heavy atom. The average molecular weight is 423 g/mol. The molecule has 0 aliphatic carbocycles. The van der Waals surface area contributed by atoms with Crippen LogP contribution in [-0.2, 0) is 9.53 Å². The van der Waals surface area contributed by atoms with Crippen LogP contribution in [0.1, 0.15) is 155 Å². The Balaban J connectivity index is 3.12. The van der Waals surface area contributed by atoms with Crippen molar-refractivity contribution in [3.63, 3.8) is 0 Å². The van der Waals surface area contributed by atoms with Gasteiger partial charge in [0.2, 0.25) is 0 Å². The molecule has 30 heavy (non-hydrogen) atoms. The van der Waals surface area contributed by atoms with Crippen LogP contribution in [0, 0.1) is 0 Å². The Morgan fingerprint density at radius 3 is 1.43 bits per heavy atom. The van der Waals surface area contributed by atoms with Crippen LogP contribution in [0.25, 0.3) is 0 Å². The van der Waals surface area contributed by atoms with Crippen LogP contribution in [0.5, 0.6) is 0 Å². The summed E-state index contributed by atoms with van der Waals surface area (Å²) in [5.41, 5.74) is 0. The van der Waals surface area contributed by atoms with Gasteiger partial charge in [-0.15, -0.1) is 0 Å². The van der Waals surface area contributed by atoms with Gasteiger partial charge in [-0.05, 0) is 38.5 Å². The minimum Gasteiger partial charge on any atom is -0.466 e. The maximum atomic E-state index is 11.5. The van der Waals surface area contributed by atoms with Crippen LogP contribution in [0.3, 0.4) is 0 Å². The number of hydrogen-bond acceptors (Lipinski definition) is 2. The van der Waals surface area contributed by atoms with Gasteiger partial charge in [0, 0.05) is 6.42 Å². The second-order valence-electron chi connectivity index (χ2n) is 9.03. The Bertz CT molecular complexity index is 362. The fourth-order valence-corrected chi connectivity index (χ4v) is 3.83. The molecule has 0 radical (unpaired) electrons. The van der Waals surface area contributed by atoms with Crippen molar-refractivity contribution in [3.8, 4) is 0 Å². The second-order valence-corrected chi connectivity index (χ2v) is 9.03. The maximum absolute atomic E-state index is 11.5. The van der Waals surface area contributed by atoms with Gasteiger partial charge in [-0.1, -0.05) is 122 Å². The quantitative estimate of drug-likeness (QED) is 0.0878. The summed E-state index contributed by atoms with van der Waals surface area (Å²) >= 11 is 0. The molecule has 0 atom stereocenters. The first-order valence-electron chi connectivity index (χ1n) is 13.6. The molecule has 0 aromatic heterocycles. The standard InChI is InChI=1S/C28H54O2/c1-3-5-7-8-9-10-11-12-13-14-15-16-17-18-19-20-21-22-23-25-27-30-28(29)26-24-6-4-2/h12-13H,3-11,14-27H2,1-2H3. The normalized spacial score (nSPS) is 11.4. The van der Waals surface area contributed by atoms with Gasteiger partial charge < -0.3 is 4.74 Å². The largest absolute Gasteiger partial charge is 0.466 e. The monoisotopic (exact) mass is 422 g/mol. The molecule has 0 aliphatic rings. The van der Waals surface area contributed by atoms with E-state index in [0.29, 0.717) is 13.0 Å². The number of rotatable bonds is 24. The topological polar surface area (TPSA) is 26.3 Å². The third kappa shape index (κ3) is 25.2. The lowest BCUT2D eigenvalue weighted by molar-refractivity contribution is -0.143. The molecule has 2 heteroatoms. The van der Waals surface area contributed by atoms with Gasteiger partial charge >= 0.3 is 5.97 Å². The molecule has 0 saturated carbocycles. The first kappa shape index (κ1) is 29.2. The zero-order chi connectivity index (χ0) is 22.0. The zero-order valence-corrected chi connectivity index (χ0v) is 20.7. The van der Waals surface area contributed by atoms with Crippen molar-refractivity contribution in [1.82, 2.24) is 0 Å². The van der Waals surface area contributed by atoms with Crippen LogP contribution >= 0.6 is 0 Å². The van der Waals surface area contributed by atoms with E-state index < -0.39 is 0 Å². The van der Waals surface area contributed by atoms with Crippen LogP contribution in [0.15, 0.2) is 12.2 Å². The van der Waals surface area contributed by atoms with Gasteiger partial charge in [0.05, 0.1) is 6.61 Å². The summed E-state index contributed by atoms with van der Waals surface area (Å²) < 4.78 is 5.28. The van der Waals surface area contributed by atoms with Crippen molar-refractivity contribution in [1.29, 1.82) is 0 Å². The fourth-order valence-electron chi connectivity index (χ4n) is 3.83. The molecular formula is C28H54O2. The molecule has 0 rings (SSSR count). The summed E-state index contributed by atoms with van der Waals surface area (Å²) in [5, 5.41) is 0. The first-order valence-corrected chi connectivity index (χ1v) is 13.6. The van der Waals surface area contributed by atoms with Crippen molar-refractivity contribution in [2.45, 2.75) is 155 Å². The van der Waals surface area contributed by atoms with Crippen molar-refractivity contribution in [2.24, 2.45) is 0 Å². The lowest BCUT2D eigenvalue weighted by Gasteiger charge is -2.05. The Hall–Kier alpha value is -0.790. The van der Waals surface area contributed by atoms with Crippen LogP contribution in [-0.4, -0.2) is 12.6 Å². The van der Waals surface area contributed by atoms with Gasteiger partial charge in [0.25, 0.3) is 0 Å². The molecule has 0 aliphatic heterocycles. The van der Waals surface area contributed by atoms with E-state index in [4.69, 9.17) is 4.74 Å². The van der Waals surface area contributed by atoms with Gasteiger partial charge in [-0.25, -0.2) is 0 Å². The van der Waals surface area contributed by atoms with E-state index >= 15 is 0 Å². The molecule has 0 unspecified atom stereocenters.